The van der Waals surface area contributed by atoms with Crippen LogP contribution in [-0.2, 0) is 16.1 Å². The minimum Gasteiger partial charge on any atom is -0.461 e. The lowest BCUT2D eigenvalue weighted by Gasteiger charge is -2.23. The van der Waals surface area contributed by atoms with Gasteiger partial charge in [0.2, 0.25) is 0 Å². The molecule has 1 unspecified atom stereocenters. The smallest absolute Gasteiger partial charge is 0.310 e. The average Bonchev–Trinajstić information content (AvgIpc) is 3.29. The van der Waals surface area contributed by atoms with Crippen molar-refractivity contribution in [3.8, 4) is 0 Å². The van der Waals surface area contributed by atoms with E-state index in [0.29, 0.717) is 6.61 Å². The number of rotatable bonds is 8. The average molecular weight is 275 g/mol. The zero-order valence-electron chi connectivity index (χ0n) is 12.5. The predicted molar refractivity (Wildman–Crippen MR) is 80.2 cm³/mol. The van der Waals surface area contributed by atoms with Gasteiger partial charge < -0.3 is 9.64 Å². The second-order valence-corrected chi connectivity index (χ2v) is 5.79. The van der Waals surface area contributed by atoms with Crippen molar-refractivity contribution in [1.29, 1.82) is 0 Å². The number of ether oxygens (including phenoxy) is 1. The molecule has 1 atom stereocenters. The lowest BCUT2D eigenvalue weighted by Crippen LogP contribution is -2.34. The van der Waals surface area contributed by atoms with Crippen LogP contribution in [0.5, 0.6) is 0 Å². The van der Waals surface area contributed by atoms with E-state index in [0.717, 1.165) is 31.1 Å². The minimum absolute atomic E-state index is 0.0580. The van der Waals surface area contributed by atoms with Crippen LogP contribution in [0.3, 0.4) is 0 Å². The van der Waals surface area contributed by atoms with Crippen molar-refractivity contribution in [2.75, 3.05) is 19.6 Å². The third-order valence-corrected chi connectivity index (χ3v) is 3.82. The minimum atomic E-state index is -0.0944. The van der Waals surface area contributed by atoms with Crippen LogP contribution in [0.4, 0.5) is 0 Å². The Morgan fingerprint density at radius 3 is 2.65 bits per heavy atom. The van der Waals surface area contributed by atoms with Crippen LogP contribution in [0.1, 0.15) is 32.3 Å². The zero-order chi connectivity index (χ0) is 14.4. The van der Waals surface area contributed by atoms with Crippen LogP contribution in [0.2, 0.25) is 0 Å². The summed E-state index contributed by atoms with van der Waals surface area (Å²) in [5.74, 6) is 0.711. The molecule has 0 bridgehead atoms. The molecule has 1 aromatic carbocycles. The molecular formula is C17H25NO2. The third kappa shape index (κ3) is 4.97. The van der Waals surface area contributed by atoms with Crippen LogP contribution in [-0.4, -0.2) is 30.5 Å². The highest BCUT2D eigenvalue weighted by molar-refractivity contribution is 5.72. The van der Waals surface area contributed by atoms with Gasteiger partial charge in [-0.3, -0.25) is 4.79 Å². The fourth-order valence-electron chi connectivity index (χ4n) is 2.33. The van der Waals surface area contributed by atoms with Gasteiger partial charge in [0.1, 0.15) is 6.61 Å². The number of esters is 1. The summed E-state index contributed by atoms with van der Waals surface area (Å²) < 4.78 is 5.39. The number of carbonyl (C=O) groups excluding carboxylic acids is 1. The van der Waals surface area contributed by atoms with Crippen LogP contribution < -0.4 is 0 Å². The Bertz CT molecular complexity index is 414. The molecule has 1 saturated carbocycles. The van der Waals surface area contributed by atoms with Gasteiger partial charge in [-0.1, -0.05) is 44.2 Å². The van der Waals surface area contributed by atoms with Gasteiger partial charge in [-0.05, 0) is 30.9 Å². The summed E-state index contributed by atoms with van der Waals surface area (Å²) in [4.78, 5) is 14.4. The topological polar surface area (TPSA) is 29.5 Å². The van der Waals surface area contributed by atoms with Gasteiger partial charge in [0.25, 0.3) is 0 Å². The molecular weight excluding hydrogens is 250 g/mol. The first-order valence-corrected chi connectivity index (χ1v) is 7.62. The Kier molecular flexibility index (Phi) is 5.60. The molecule has 3 nitrogen and oxygen atoms in total. The maximum atomic E-state index is 12.0. The van der Waals surface area contributed by atoms with E-state index in [1.165, 1.54) is 12.8 Å². The highest BCUT2D eigenvalue weighted by Gasteiger charge is 2.25. The number of hydrogen-bond donors (Lipinski definition) is 0. The quantitative estimate of drug-likeness (QED) is 0.683. The monoisotopic (exact) mass is 275 g/mol. The molecule has 1 fully saturated rings. The number of nitrogens with zero attached hydrogens (tertiary/aromatic N) is 1. The van der Waals surface area contributed by atoms with Crippen molar-refractivity contribution < 1.29 is 9.53 Å². The Hall–Kier alpha value is -1.35. The Balaban J connectivity index is 1.73. The fourth-order valence-corrected chi connectivity index (χ4v) is 2.33. The zero-order valence-corrected chi connectivity index (χ0v) is 12.5. The first kappa shape index (κ1) is 15.0. The maximum absolute atomic E-state index is 12.0. The summed E-state index contributed by atoms with van der Waals surface area (Å²) >= 11 is 0. The summed E-state index contributed by atoms with van der Waals surface area (Å²) in [5.41, 5.74) is 1.04. The van der Waals surface area contributed by atoms with Gasteiger partial charge >= 0.3 is 5.97 Å². The molecule has 2 rings (SSSR count). The third-order valence-electron chi connectivity index (χ3n) is 3.82. The van der Waals surface area contributed by atoms with Gasteiger partial charge in [-0.25, -0.2) is 0 Å². The van der Waals surface area contributed by atoms with E-state index < -0.39 is 0 Å². The van der Waals surface area contributed by atoms with Gasteiger partial charge in [0.05, 0.1) is 5.92 Å². The summed E-state index contributed by atoms with van der Waals surface area (Å²) in [6.45, 7) is 7.44. The van der Waals surface area contributed by atoms with Crippen molar-refractivity contribution >= 4 is 5.97 Å². The van der Waals surface area contributed by atoms with Crippen LogP contribution >= 0.6 is 0 Å². The first-order chi connectivity index (χ1) is 9.69. The van der Waals surface area contributed by atoms with E-state index in [4.69, 9.17) is 4.74 Å². The van der Waals surface area contributed by atoms with E-state index in [2.05, 4.69) is 11.8 Å². The summed E-state index contributed by atoms with van der Waals surface area (Å²) in [6.07, 6.45) is 2.70. The summed E-state index contributed by atoms with van der Waals surface area (Å²) in [7, 11) is 0. The maximum Gasteiger partial charge on any atom is 0.310 e. The fraction of sp³-hybridized carbons (Fsp3) is 0.588. The molecule has 1 aliphatic carbocycles. The van der Waals surface area contributed by atoms with Crippen molar-refractivity contribution in [3.05, 3.63) is 35.9 Å². The second-order valence-electron chi connectivity index (χ2n) is 5.79. The van der Waals surface area contributed by atoms with Gasteiger partial charge in [-0.15, -0.1) is 0 Å². The molecule has 0 heterocycles. The number of carbonyl (C=O) groups is 1. The number of benzene rings is 1. The normalized spacial score (nSPS) is 16.1. The second kappa shape index (κ2) is 7.44. The lowest BCUT2D eigenvalue weighted by molar-refractivity contribution is -0.149. The lowest BCUT2D eigenvalue weighted by atomic mass is 10.1. The number of hydrogen-bond acceptors (Lipinski definition) is 3. The highest BCUT2D eigenvalue weighted by Crippen LogP contribution is 2.29. The van der Waals surface area contributed by atoms with Crippen molar-refractivity contribution in [2.45, 2.75) is 33.3 Å². The van der Waals surface area contributed by atoms with E-state index in [1.807, 2.05) is 37.3 Å². The van der Waals surface area contributed by atoms with Crippen molar-refractivity contribution in [1.82, 2.24) is 4.90 Å². The van der Waals surface area contributed by atoms with E-state index >= 15 is 0 Å². The van der Waals surface area contributed by atoms with Gasteiger partial charge in [0.15, 0.2) is 0 Å². The first-order valence-electron chi connectivity index (χ1n) is 7.62. The largest absolute Gasteiger partial charge is 0.461 e. The highest BCUT2D eigenvalue weighted by atomic mass is 16.5. The molecule has 110 valence electrons. The molecule has 1 aromatic rings. The van der Waals surface area contributed by atoms with E-state index in [1.54, 1.807) is 0 Å². The molecule has 0 amide bonds. The molecule has 0 saturated heterocycles. The predicted octanol–water partition coefficient (Wildman–Crippen LogP) is 3.10. The van der Waals surface area contributed by atoms with Crippen molar-refractivity contribution in [3.63, 3.8) is 0 Å². The Morgan fingerprint density at radius 2 is 2.05 bits per heavy atom. The standard InChI is InChI=1S/C17H25NO2/c1-3-18(12-15-9-10-15)11-14(2)17(19)20-13-16-7-5-4-6-8-16/h4-8,14-15H,3,9-13H2,1-2H3. The Morgan fingerprint density at radius 1 is 1.35 bits per heavy atom. The SMILES string of the molecule is CCN(CC1CC1)CC(C)C(=O)OCc1ccccc1. The van der Waals surface area contributed by atoms with Crippen LogP contribution in [0, 0.1) is 11.8 Å². The van der Waals surface area contributed by atoms with E-state index in [-0.39, 0.29) is 11.9 Å². The van der Waals surface area contributed by atoms with Crippen LogP contribution in [0.25, 0.3) is 0 Å². The Labute approximate surface area is 121 Å². The molecule has 0 spiro atoms. The molecule has 20 heavy (non-hydrogen) atoms. The molecule has 0 aromatic heterocycles. The summed E-state index contributed by atoms with van der Waals surface area (Å²) in [6, 6.07) is 9.83. The molecule has 0 aliphatic heterocycles. The molecule has 3 heteroatoms. The van der Waals surface area contributed by atoms with Crippen LogP contribution in [0.15, 0.2) is 30.3 Å². The van der Waals surface area contributed by atoms with Crippen molar-refractivity contribution in [2.24, 2.45) is 11.8 Å². The summed E-state index contributed by atoms with van der Waals surface area (Å²) in [5, 5.41) is 0. The van der Waals surface area contributed by atoms with Gasteiger partial charge in [-0.2, -0.15) is 0 Å². The molecule has 0 N–H and O–H groups in total. The molecule has 0 radical (unpaired) electrons. The van der Waals surface area contributed by atoms with E-state index in [9.17, 15) is 4.79 Å². The molecule has 1 aliphatic rings. The van der Waals surface area contributed by atoms with Gasteiger partial charge in [0, 0.05) is 13.1 Å².